The van der Waals surface area contributed by atoms with Crippen LogP contribution in [-0.4, -0.2) is 18.2 Å². The molecule has 0 saturated heterocycles. The highest BCUT2D eigenvalue weighted by Gasteiger charge is 2.07. The van der Waals surface area contributed by atoms with Crippen LogP contribution in [0.5, 0.6) is 5.75 Å². The van der Waals surface area contributed by atoms with Crippen LogP contribution in [0.1, 0.15) is 10.4 Å². The van der Waals surface area contributed by atoms with Crippen LogP contribution in [0.2, 0.25) is 0 Å². The average Bonchev–Trinajstić information content (AvgIpc) is 2.38. The maximum absolute atomic E-state index is 11.0. The van der Waals surface area contributed by atoms with E-state index in [0.717, 1.165) is 20.0 Å². The molecule has 0 aromatic heterocycles. The van der Waals surface area contributed by atoms with Crippen molar-refractivity contribution in [2.75, 3.05) is 7.11 Å². The van der Waals surface area contributed by atoms with Crippen molar-refractivity contribution < 1.29 is 14.6 Å². The van der Waals surface area contributed by atoms with Crippen molar-refractivity contribution >= 4 is 33.7 Å². The highest BCUT2D eigenvalue weighted by atomic mass is 79.9. The molecule has 98 valence electrons. The topological polar surface area (TPSA) is 46.5 Å². The summed E-state index contributed by atoms with van der Waals surface area (Å²) in [5.74, 6) is -0.160. The van der Waals surface area contributed by atoms with Gasteiger partial charge in [0.1, 0.15) is 5.75 Å². The van der Waals surface area contributed by atoms with E-state index in [4.69, 9.17) is 9.84 Å². The van der Waals surface area contributed by atoms with Crippen LogP contribution in [0.25, 0.3) is 0 Å². The first kappa shape index (κ1) is 14.0. The molecule has 0 spiro atoms. The molecule has 0 unspecified atom stereocenters. The van der Waals surface area contributed by atoms with E-state index in [1.807, 2.05) is 30.3 Å². The van der Waals surface area contributed by atoms with Crippen LogP contribution in [-0.2, 0) is 0 Å². The first-order chi connectivity index (χ1) is 9.08. The second-order valence-electron chi connectivity index (χ2n) is 3.76. The molecule has 0 bridgehead atoms. The maximum Gasteiger partial charge on any atom is 0.335 e. The Morgan fingerprint density at radius 2 is 2.00 bits per heavy atom. The van der Waals surface area contributed by atoms with Gasteiger partial charge in [-0.15, -0.1) is 0 Å². The molecular formula is C14H11BrO3S. The number of aromatic carboxylic acids is 1. The summed E-state index contributed by atoms with van der Waals surface area (Å²) in [4.78, 5) is 12.9. The summed E-state index contributed by atoms with van der Waals surface area (Å²) in [5, 5.41) is 9.03. The molecule has 2 aromatic rings. The van der Waals surface area contributed by atoms with E-state index in [9.17, 15) is 4.79 Å². The fraction of sp³-hybridized carbons (Fsp3) is 0.0714. The SMILES string of the molecule is COc1cccc(Sc2cc(Br)cc(C(=O)O)c2)c1. The molecule has 0 fully saturated rings. The lowest BCUT2D eigenvalue weighted by Crippen LogP contribution is -1.96. The molecule has 0 heterocycles. The lowest BCUT2D eigenvalue weighted by molar-refractivity contribution is 0.0696. The number of carboxylic acid groups (broad SMARTS) is 1. The Hall–Kier alpha value is -1.46. The minimum Gasteiger partial charge on any atom is -0.497 e. The van der Waals surface area contributed by atoms with Crippen molar-refractivity contribution in [3.63, 3.8) is 0 Å². The van der Waals surface area contributed by atoms with E-state index in [2.05, 4.69) is 15.9 Å². The predicted octanol–water partition coefficient (Wildman–Crippen LogP) is 4.31. The largest absolute Gasteiger partial charge is 0.497 e. The van der Waals surface area contributed by atoms with Gasteiger partial charge < -0.3 is 9.84 Å². The average molecular weight is 339 g/mol. The molecule has 0 saturated carbocycles. The Bertz CT molecular complexity index is 613. The maximum atomic E-state index is 11.0. The van der Waals surface area contributed by atoms with Crippen LogP contribution < -0.4 is 4.74 Å². The summed E-state index contributed by atoms with van der Waals surface area (Å²) in [6.07, 6.45) is 0. The van der Waals surface area contributed by atoms with Gasteiger partial charge in [0, 0.05) is 14.3 Å². The Labute approximate surface area is 123 Å². The zero-order valence-electron chi connectivity index (χ0n) is 10.1. The number of carboxylic acids is 1. The summed E-state index contributed by atoms with van der Waals surface area (Å²) in [5.41, 5.74) is 0.264. The highest BCUT2D eigenvalue weighted by Crippen LogP contribution is 2.32. The van der Waals surface area contributed by atoms with Crippen molar-refractivity contribution in [2.45, 2.75) is 9.79 Å². The van der Waals surface area contributed by atoms with E-state index in [-0.39, 0.29) is 5.56 Å². The first-order valence-corrected chi connectivity index (χ1v) is 7.05. The zero-order valence-corrected chi connectivity index (χ0v) is 12.5. The predicted molar refractivity (Wildman–Crippen MR) is 78.2 cm³/mol. The monoisotopic (exact) mass is 338 g/mol. The van der Waals surface area contributed by atoms with Gasteiger partial charge in [0.15, 0.2) is 0 Å². The van der Waals surface area contributed by atoms with E-state index >= 15 is 0 Å². The van der Waals surface area contributed by atoms with Crippen molar-refractivity contribution in [2.24, 2.45) is 0 Å². The molecule has 5 heteroatoms. The number of rotatable bonds is 4. The van der Waals surface area contributed by atoms with Crippen LogP contribution >= 0.6 is 27.7 Å². The number of halogens is 1. The molecule has 0 aliphatic carbocycles. The van der Waals surface area contributed by atoms with Crippen LogP contribution in [0.3, 0.4) is 0 Å². The quantitative estimate of drug-likeness (QED) is 0.902. The summed E-state index contributed by atoms with van der Waals surface area (Å²) >= 11 is 4.81. The summed E-state index contributed by atoms with van der Waals surface area (Å²) in [6, 6.07) is 12.7. The van der Waals surface area contributed by atoms with Crippen molar-refractivity contribution in [1.82, 2.24) is 0 Å². The van der Waals surface area contributed by atoms with Gasteiger partial charge in [0.05, 0.1) is 12.7 Å². The van der Waals surface area contributed by atoms with Gasteiger partial charge >= 0.3 is 5.97 Å². The number of ether oxygens (including phenoxy) is 1. The van der Waals surface area contributed by atoms with Gasteiger partial charge in [-0.1, -0.05) is 33.8 Å². The summed E-state index contributed by atoms with van der Waals surface area (Å²) in [7, 11) is 1.62. The number of benzene rings is 2. The lowest BCUT2D eigenvalue weighted by atomic mass is 10.2. The molecule has 0 aliphatic heterocycles. The third-order valence-corrected chi connectivity index (χ3v) is 3.81. The molecule has 3 nitrogen and oxygen atoms in total. The van der Waals surface area contributed by atoms with E-state index in [0.29, 0.717) is 0 Å². The highest BCUT2D eigenvalue weighted by molar-refractivity contribution is 9.10. The van der Waals surface area contributed by atoms with Gasteiger partial charge in [-0.25, -0.2) is 4.79 Å². The smallest absolute Gasteiger partial charge is 0.335 e. The van der Waals surface area contributed by atoms with Crippen LogP contribution in [0.15, 0.2) is 56.7 Å². The first-order valence-electron chi connectivity index (χ1n) is 5.44. The molecule has 0 radical (unpaired) electrons. The van der Waals surface area contributed by atoms with Gasteiger partial charge in [-0.2, -0.15) is 0 Å². The molecule has 19 heavy (non-hydrogen) atoms. The van der Waals surface area contributed by atoms with Gasteiger partial charge in [0.2, 0.25) is 0 Å². The van der Waals surface area contributed by atoms with E-state index in [1.165, 1.54) is 11.8 Å². The number of methoxy groups -OCH3 is 1. The van der Waals surface area contributed by atoms with Gasteiger partial charge in [-0.05, 0) is 36.4 Å². The number of hydrogen-bond donors (Lipinski definition) is 1. The van der Waals surface area contributed by atoms with Crippen LogP contribution in [0.4, 0.5) is 0 Å². The zero-order chi connectivity index (χ0) is 13.8. The Kier molecular flexibility index (Phi) is 4.50. The minimum absolute atomic E-state index is 0.264. The molecule has 1 N–H and O–H groups in total. The van der Waals surface area contributed by atoms with E-state index in [1.54, 1.807) is 19.2 Å². The molecule has 0 amide bonds. The molecule has 0 atom stereocenters. The molecule has 0 aliphatic rings. The van der Waals surface area contributed by atoms with Gasteiger partial charge in [0.25, 0.3) is 0 Å². The van der Waals surface area contributed by atoms with Crippen molar-refractivity contribution in [3.8, 4) is 5.75 Å². The molecule has 2 aromatic carbocycles. The second-order valence-corrected chi connectivity index (χ2v) is 5.82. The standard InChI is InChI=1S/C14H11BrO3S/c1-18-11-3-2-4-12(8-11)19-13-6-9(14(16)17)5-10(15)7-13/h2-8H,1H3,(H,16,17). The number of hydrogen-bond acceptors (Lipinski definition) is 3. The minimum atomic E-state index is -0.936. The third kappa shape index (κ3) is 3.75. The fourth-order valence-electron chi connectivity index (χ4n) is 1.55. The van der Waals surface area contributed by atoms with Crippen LogP contribution in [0, 0.1) is 0 Å². The normalized spacial score (nSPS) is 10.2. The molecule has 2 rings (SSSR count). The summed E-state index contributed by atoms with van der Waals surface area (Å²) < 4.78 is 5.91. The van der Waals surface area contributed by atoms with Crippen molar-refractivity contribution in [1.29, 1.82) is 0 Å². The summed E-state index contributed by atoms with van der Waals surface area (Å²) in [6.45, 7) is 0. The Morgan fingerprint density at radius 1 is 1.21 bits per heavy atom. The van der Waals surface area contributed by atoms with Gasteiger partial charge in [-0.3, -0.25) is 0 Å². The molecular weight excluding hydrogens is 328 g/mol. The fourth-order valence-corrected chi connectivity index (χ4v) is 3.16. The Balaban J connectivity index is 2.29. The third-order valence-electron chi connectivity index (χ3n) is 2.40. The van der Waals surface area contributed by atoms with E-state index < -0.39 is 5.97 Å². The van der Waals surface area contributed by atoms with Crippen molar-refractivity contribution in [3.05, 3.63) is 52.5 Å². The lowest BCUT2D eigenvalue weighted by Gasteiger charge is -2.06. The number of carbonyl (C=O) groups is 1. The Morgan fingerprint density at radius 3 is 2.68 bits per heavy atom. The second kappa shape index (κ2) is 6.12.